The van der Waals surface area contributed by atoms with Crippen molar-refractivity contribution >= 4 is 28.5 Å². The first-order valence-electron chi connectivity index (χ1n) is 8.73. The van der Waals surface area contributed by atoms with Gasteiger partial charge >= 0.3 is 0 Å². The van der Waals surface area contributed by atoms with Gasteiger partial charge in [-0.05, 0) is 35.9 Å². The van der Waals surface area contributed by atoms with E-state index in [2.05, 4.69) is 15.6 Å². The van der Waals surface area contributed by atoms with E-state index in [-0.39, 0.29) is 36.7 Å². The molecule has 2 heterocycles. The lowest BCUT2D eigenvalue weighted by Gasteiger charge is -2.21. The van der Waals surface area contributed by atoms with Gasteiger partial charge in [-0.25, -0.2) is 0 Å². The molecule has 1 aliphatic heterocycles. The third kappa shape index (κ3) is 4.11. The standard InChI is InChI=1S/C19H23N3O4/c1-11(2)7-15(19(25)22-16-9-26-10-17(16)23)21-18(24)13-4-3-12-5-6-20-14(12)8-13/h3-6,8,11,15-16,20H,7,9-10H2,1-2H3,(H,21,24)(H,22,25)/t15-,16?/m0/s1. The predicted molar refractivity (Wildman–Crippen MR) is 96.8 cm³/mol. The van der Waals surface area contributed by atoms with Crippen molar-refractivity contribution < 1.29 is 19.1 Å². The third-order valence-corrected chi connectivity index (χ3v) is 4.38. The molecule has 2 aromatic rings. The van der Waals surface area contributed by atoms with Crippen molar-refractivity contribution in [1.82, 2.24) is 15.6 Å². The molecule has 0 spiro atoms. The number of fused-ring (bicyclic) bond motifs is 1. The first kappa shape index (κ1) is 18.1. The minimum atomic E-state index is -0.713. The molecule has 26 heavy (non-hydrogen) atoms. The van der Waals surface area contributed by atoms with Crippen molar-refractivity contribution in [3.05, 3.63) is 36.0 Å². The lowest BCUT2D eigenvalue weighted by molar-refractivity contribution is -0.127. The molecule has 0 saturated carbocycles. The number of aromatic nitrogens is 1. The van der Waals surface area contributed by atoms with Crippen LogP contribution in [-0.4, -0.2) is 47.9 Å². The van der Waals surface area contributed by atoms with Crippen molar-refractivity contribution in [2.75, 3.05) is 13.2 Å². The summed E-state index contributed by atoms with van der Waals surface area (Å²) in [6, 6.07) is 5.91. The summed E-state index contributed by atoms with van der Waals surface area (Å²) < 4.78 is 5.06. The maximum absolute atomic E-state index is 12.6. The van der Waals surface area contributed by atoms with E-state index < -0.39 is 12.1 Å². The molecule has 0 aliphatic carbocycles. The molecule has 0 bridgehead atoms. The highest BCUT2D eigenvalue weighted by Crippen LogP contribution is 2.15. The van der Waals surface area contributed by atoms with Crippen LogP contribution in [0.15, 0.2) is 30.5 Å². The molecule has 3 rings (SSSR count). The van der Waals surface area contributed by atoms with Crippen LogP contribution in [0.5, 0.6) is 0 Å². The Morgan fingerprint density at radius 1 is 1.31 bits per heavy atom. The monoisotopic (exact) mass is 357 g/mol. The normalized spacial score (nSPS) is 18.3. The number of benzene rings is 1. The first-order valence-corrected chi connectivity index (χ1v) is 8.73. The van der Waals surface area contributed by atoms with Crippen LogP contribution in [0.4, 0.5) is 0 Å². The van der Waals surface area contributed by atoms with Gasteiger partial charge in [-0.2, -0.15) is 0 Å². The van der Waals surface area contributed by atoms with Crippen LogP contribution in [0.25, 0.3) is 10.9 Å². The van der Waals surface area contributed by atoms with Gasteiger partial charge in [0.15, 0.2) is 5.78 Å². The number of hydrogen-bond donors (Lipinski definition) is 3. The van der Waals surface area contributed by atoms with Crippen LogP contribution in [0.2, 0.25) is 0 Å². The highest BCUT2D eigenvalue weighted by molar-refractivity contribution is 6.01. The van der Waals surface area contributed by atoms with Crippen molar-refractivity contribution in [1.29, 1.82) is 0 Å². The molecular formula is C19H23N3O4. The number of amides is 2. The Morgan fingerprint density at radius 3 is 2.81 bits per heavy atom. The van der Waals surface area contributed by atoms with E-state index in [4.69, 9.17) is 4.74 Å². The van der Waals surface area contributed by atoms with Gasteiger partial charge < -0.3 is 20.4 Å². The average Bonchev–Trinajstić information content (AvgIpc) is 3.22. The lowest BCUT2D eigenvalue weighted by Crippen LogP contribution is -2.52. The summed E-state index contributed by atoms with van der Waals surface area (Å²) in [5, 5.41) is 6.49. The molecular weight excluding hydrogens is 334 g/mol. The van der Waals surface area contributed by atoms with Gasteiger partial charge in [-0.1, -0.05) is 19.9 Å². The number of carbonyl (C=O) groups excluding carboxylic acids is 3. The molecule has 1 fully saturated rings. The number of Topliss-reactive ketones (excluding diaryl/α,β-unsaturated/α-hetero) is 1. The quantitative estimate of drug-likeness (QED) is 0.727. The Bertz CT molecular complexity index is 827. The first-order chi connectivity index (χ1) is 12.4. The van der Waals surface area contributed by atoms with E-state index >= 15 is 0 Å². The van der Waals surface area contributed by atoms with E-state index in [9.17, 15) is 14.4 Å². The molecule has 1 saturated heterocycles. The number of aromatic amines is 1. The zero-order chi connectivity index (χ0) is 18.7. The lowest BCUT2D eigenvalue weighted by atomic mass is 10.0. The highest BCUT2D eigenvalue weighted by Gasteiger charge is 2.30. The van der Waals surface area contributed by atoms with E-state index in [0.717, 1.165) is 10.9 Å². The van der Waals surface area contributed by atoms with Gasteiger partial charge in [0.1, 0.15) is 18.7 Å². The molecule has 7 nitrogen and oxygen atoms in total. The topological polar surface area (TPSA) is 100 Å². The molecule has 1 aromatic carbocycles. The zero-order valence-electron chi connectivity index (χ0n) is 14.9. The second kappa shape index (κ2) is 7.70. The van der Waals surface area contributed by atoms with Crippen molar-refractivity contribution in [2.45, 2.75) is 32.4 Å². The van der Waals surface area contributed by atoms with Crippen LogP contribution >= 0.6 is 0 Å². The number of ketones is 1. The van der Waals surface area contributed by atoms with E-state index in [1.807, 2.05) is 32.2 Å². The van der Waals surface area contributed by atoms with Gasteiger partial charge in [-0.15, -0.1) is 0 Å². The summed E-state index contributed by atoms with van der Waals surface area (Å²) in [7, 11) is 0. The number of ether oxygens (including phenoxy) is 1. The maximum atomic E-state index is 12.6. The number of carbonyl (C=O) groups is 3. The van der Waals surface area contributed by atoms with Gasteiger partial charge in [0, 0.05) is 17.3 Å². The Morgan fingerprint density at radius 2 is 2.12 bits per heavy atom. The smallest absolute Gasteiger partial charge is 0.252 e. The van der Waals surface area contributed by atoms with Gasteiger partial charge in [-0.3, -0.25) is 14.4 Å². The number of hydrogen-bond acceptors (Lipinski definition) is 4. The van der Waals surface area contributed by atoms with E-state index in [1.54, 1.807) is 12.1 Å². The van der Waals surface area contributed by atoms with Crippen molar-refractivity contribution in [3.63, 3.8) is 0 Å². The highest BCUT2D eigenvalue weighted by atomic mass is 16.5. The summed E-state index contributed by atoms with van der Waals surface area (Å²) in [6.45, 7) is 4.14. The van der Waals surface area contributed by atoms with Crippen LogP contribution in [0.1, 0.15) is 30.6 Å². The SMILES string of the molecule is CC(C)C[C@H](NC(=O)c1ccc2cc[nH]c2c1)C(=O)NC1COCC1=O. The van der Waals surface area contributed by atoms with Gasteiger partial charge in [0.2, 0.25) is 5.91 Å². The fourth-order valence-corrected chi connectivity index (χ4v) is 3.00. The fraction of sp³-hybridized carbons (Fsp3) is 0.421. The molecule has 2 atom stereocenters. The van der Waals surface area contributed by atoms with Crippen LogP contribution < -0.4 is 10.6 Å². The number of rotatable bonds is 6. The largest absolute Gasteiger partial charge is 0.371 e. The molecule has 1 aliphatic rings. The van der Waals surface area contributed by atoms with Crippen LogP contribution in [-0.2, 0) is 14.3 Å². The molecule has 1 aromatic heterocycles. The van der Waals surface area contributed by atoms with Crippen LogP contribution in [0.3, 0.4) is 0 Å². The van der Waals surface area contributed by atoms with Crippen molar-refractivity contribution in [2.24, 2.45) is 5.92 Å². The second-order valence-corrected chi connectivity index (χ2v) is 6.98. The van der Waals surface area contributed by atoms with Gasteiger partial charge in [0.05, 0.1) is 6.61 Å². The molecule has 2 amide bonds. The number of nitrogens with one attached hydrogen (secondary N) is 3. The summed E-state index contributed by atoms with van der Waals surface area (Å²) >= 11 is 0. The minimum absolute atomic E-state index is 0.0162. The van der Waals surface area contributed by atoms with Crippen LogP contribution in [0, 0.1) is 5.92 Å². The maximum Gasteiger partial charge on any atom is 0.252 e. The molecule has 7 heteroatoms. The second-order valence-electron chi connectivity index (χ2n) is 6.98. The van der Waals surface area contributed by atoms with E-state index in [1.165, 1.54) is 0 Å². The van der Waals surface area contributed by atoms with Gasteiger partial charge in [0.25, 0.3) is 5.91 Å². The molecule has 0 radical (unpaired) electrons. The molecule has 138 valence electrons. The Kier molecular flexibility index (Phi) is 5.37. The summed E-state index contributed by atoms with van der Waals surface area (Å²) in [4.78, 5) is 39.9. The Hall–Kier alpha value is -2.67. The van der Waals surface area contributed by atoms with Crippen molar-refractivity contribution in [3.8, 4) is 0 Å². The minimum Gasteiger partial charge on any atom is -0.371 e. The predicted octanol–water partition coefficient (Wildman–Crippen LogP) is 1.40. The summed E-state index contributed by atoms with van der Waals surface area (Å²) in [6.07, 6.45) is 2.28. The average molecular weight is 357 g/mol. The molecule has 3 N–H and O–H groups in total. The summed E-state index contributed by atoms with van der Waals surface area (Å²) in [5.74, 6) is -0.634. The molecule has 1 unspecified atom stereocenters. The third-order valence-electron chi connectivity index (χ3n) is 4.38. The Labute approximate surface area is 151 Å². The fourth-order valence-electron chi connectivity index (χ4n) is 3.00. The summed E-state index contributed by atoms with van der Waals surface area (Å²) in [5.41, 5.74) is 1.33. The number of H-pyrrole nitrogens is 1. The zero-order valence-corrected chi connectivity index (χ0v) is 14.9. The van der Waals surface area contributed by atoms with E-state index in [0.29, 0.717) is 12.0 Å². The Balaban J connectivity index is 1.71.